The largest absolute Gasteiger partial charge is 0.493 e. The second-order valence-corrected chi connectivity index (χ2v) is 6.96. The smallest absolute Gasteiger partial charge is 0.240 e. The van der Waals surface area contributed by atoms with Crippen molar-refractivity contribution in [3.05, 3.63) is 47.0 Å². The Hall–Kier alpha value is -2.73. The molecule has 6 nitrogen and oxygen atoms in total. The van der Waals surface area contributed by atoms with Crippen molar-refractivity contribution in [2.45, 2.75) is 19.8 Å². The van der Waals surface area contributed by atoms with Gasteiger partial charge >= 0.3 is 0 Å². The van der Waals surface area contributed by atoms with Crippen molar-refractivity contribution in [2.75, 3.05) is 24.9 Å². The van der Waals surface area contributed by atoms with E-state index in [0.29, 0.717) is 40.7 Å². The van der Waals surface area contributed by atoms with E-state index in [2.05, 4.69) is 10.6 Å². The van der Waals surface area contributed by atoms with Gasteiger partial charge in [0.15, 0.2) is 11.5 Å². The van der Waals surface area contributed by atoms with Crippen molar-refractivity contribution in [2.24, 2.45) is 5.41 Å². The van der Waals surface area contributed by atoms with Crippen molar-refractivity contribution >= 4 is 34.8 Å². The summed E-state index contributed by atoms with van der Waals surface area (Å²) in [6.07, 6.45) is 1.01. The summed E-state index contributed by atoms with van der Waals surface area (Å²) < 4.78 is 10.4. The van der Waals surface area contributed by atoms with Crippen molar-refractivity contribution in [3.8, 4) is 11.5 Å². The second kappa shape index (κ2) is 7.48. The van der Waals surface area contributed by atoms with Crippen LogP contribution in [0.25, 0.3) is 0 Å². The van der Waals surface area contributed by atoms with Crippen LogP contribution < -0.4 is 20.1 Å². The predicted molar refractivity (Wildman–Crippen MR) is 105 cm³/mol. The fourth-order valence-electron chi connectivity index (χ4n) is 2.86. The minimum absolute atomic E-state index is 0.314. The topological polar surface area (TPSA) is 76.7 Å². The number of nitrogens with one attached hydrogen (secondary N) is 2. The number of aryl methyl sites for hydroxylation is 1. The molecule has 0 radical (unpaired) electrons. The fourth-order valence-corrected chi connectivity index (χ4v) is 3.08. The van der Waals surface area contributed by atoms with Crippen LogP contribution in [0.2, 0.25) is 5.02 Å². The zero-order valence-electron chi connectivity index (χ0n) is 15.4. The first kappa shape index (κ1) is 19.0. The van der Waals surface area contributed by atoms with E-state index in [1.807, 2.05) is 6.92 Å². The molecule has 1 saturated carbocycles. The first-order valence-corrected chi connectivity index (χ1v) is 8.88. The number of benzene rings is 2. The average molecular weight is 389 g/mol. The Bertz CT molecular complexity index is 894. The van der Waals surface area contributed by atoms with Gasteiger partial charge < -0.3 is 20.1 Å². The van der Waals surface area contributed by atoms with Gasteiger partial charge in [0.05, 0.1) is 14.2 Å². The molecule has 1 fully saturated rings. The van der Waals surface area contributed by atoms with Crippen LogP contribution in [-0.2, 0) is 9.59 Å². The second-order valence-electron chi connectivity index (χ2n) is 6.52. The molecule has 0 aliphatic heterocycles. The van der Waals surface area contributed by atoms with Gasteiger partial charge in [-0.15, -0.1) is 0 Å². The minimum atomic E-state index is -1.06. The molecule has 2 amide bonds. The molecule has 2 aromatic rings. The maximum atomic E-state index is 12.8. The highest BCUT2D eigenvalue weighted by molar-refractivity contribution is 6.30. The first-order chi connectivity index (χ1) is 12.9. The molecule has 0 unspecified atom stereocenters. The molecule has 7 heteroatoms. The monoisotopic (exact) mass is 388 g/mol. The van der Waals surface area contributed by atoms with Gasteiger partial charge in [-0.3, -0.25) is 9.59 Å². The number of carbonyl (C=O) groups excluding carboxylic acids is 2. The Morgan fingerprint density at radius 3 is 2.22 bits per heavy atom. The van der Waals surface area contributed by atoms with Gasteiger partial charge in [0, 0.05) is 22.5 Å². The molecule has 0 aromatic heterocycles. The number of ether oxygens (including phenoxy) is 2. The number of hydrogen-bond donors (Lipinski definition) is 2. The van der Waals surface area contributed by atoms with E-state index in [4.69, 9.17) is 21.1 Å². The summed E-state index contributed by atoms with van der Waals surface area (Å²) in [5.74, 6) is 0.415. The van der Waals surface area contributed by atoms with Crippen molar-refractivity contribution in [1.29, 1.82) is 0 Å². The third-order valence-electron chi connectivity index (χ3n) is 4.70. The zero-order chi connectivity index (χ0) is 19.6. The molecule has 0 heterocycles. The third-order valence-corrected chi connectivity index (χ3v) is 4.93. The molecule has 2 aromatic carbocycles. The molecule has 1 aliphatic carbocycles. The van der Waals surface area contributed by atoms with Crippen LogP contribution >= 0.6 is 11.6 Å². The van der Waals surface area contributed by atoms with Crippen LogP contribution in [0.5, 0.6) is 11.5 Å². The zero-order valence-corrected chi connectivity index (χ0v) is 16.1. The van der Waals surface area contributed by atoms with Crippen LogP contribution in [0.3, 0.4) is 0 Å². The first-order valence-electron chi connectivity index (χ1n) is 8.51. The summed E-state index contributed by atoms with van der Waals surface area (Å²) in [6.45, 7) is 1.85. The molecule has 2 N–H and O–H groups in total. The molecule has 0 spiro atoms. The highest BCUT2D eigenvalue weighted by Crippen LogP contribution is 2.48. The summed E-state index contributed by atoms with van der Waals surface area (Å²) in [5, 5.41) is 6.24. The Kier molecular flexibility index (Phi) is 5.28. The molecule has 142 valence electrons. The van der Waals surface area contributed by atoms with Crippen molar-refractivity contribution in [3.63, 3.8) is 0 Å². The Balaban J connectivity index is 1.73. The van der Waals surface area contributed by atoms with Gasteiger partial charge in [-0.05, 0) is 55.7 Å². The van der Waals surface area contributed by atoms with Crippen LogP contribution in [0.1, 0.15) is 18.4 Å². The normalized spacial score (nSPS) is 14.2. The maximum absolute atomic E-state index is 12.8. The van der Waals surface area contributed by atoms with Crippen molar-refractivity contribution < 1.29 is 19.1 Å². The van der Waals surface area contributed by atoms with Crippen LogP contribution in [0.15, 0.2) is 36.4 Å². The van der Waals surface area contributed by atoms with Gasteiger partial charge in [-0.2, -0.15) is 0 Å². The predicted octanol–water partition coefficient (Wildman–Crippen LogP) is 4.02. The standard InChI is InChI=1S/C20H21ClN2O4/c1-12-10-13(21)4-6-15(12)23-19(25)20(8-9-20)18(24)22-14-5-7-16(26-2)17(11-14)27-3/h4-7,10-11H,8-9H2,1-3H3,(H,22,24)(H,23,25). The quantitative estimate of drug-likeness (QED) is 0.732. The number of carbonyl (C=O) groups is 2. The van der Waals surface area contributed by atoms with E-state index >= 15 is 0 Å². The lowest BCUT2D eigenvalue weighted by Gasteiger charge is -2.17. The third kappa shape index (κ3) is 3.85. The molecule has 27 heavy (non-hydrogen) atoms. The number of halogens is 1. The van der Waals surface area contributed by atoms with Gasteiger partial charge in [-0.25, -0.2) is 0 Å². The van der Waals surface area contributed by atoms with Crippen LogP contribution in [0.4, 0.5) is 11.4 Å². The lowest BCUT2D eigenvalue weighted by atomic mass is 10.0. The molecule has 1 aliphatic rings. The van der Waals surface area contributed by atoms with E-state index in [1.165, 1.54) is 7.11 Å². The van der Waals surface area contributed by atoms with Crippen LogP contribution in [-0.4, -0.2) is 26.0 Å². The number of anilines is 2. The van der Waals surface area contributed by atoms with E-state index in [0.717, 1.165) is 5.56 Å². The summed E-state index contributed by atoms with van der Waals surface area (Å²) >= 11 is 5.95. The molecule has 0 saturated heterocycles. The highest BCUT2D eigenvalue weighted by Gasteiger charge is 2.56. The molecule has 0 bridgehead atoms. The number of amides is 2. The van der Waals surface area contributed by atoms with E-state index in [1.54, 1.807) is 43.5 Å². The van der Waals surface area contributed by atoms with Gasteiger partial charge in [0.1, 0.15) is 5.41 Å². The van der Waals surface area contributed by atoms with E-state index < -0.39 is 5.41 Å². The maximum Gasteiger partial charge on any atom is 0.240 e. The lowest BCUT2D eigenvalue weighted by molar-refractivity contribution is -0.131. The van der Waals surface area contributed by atoms with Gasteiger partial charge in [0.25, 0.3) is 0 Å². The number of hydrogen-bond acceptors (Lipinski definition) is 4. The van der Waals surface area contributed by atoms with Crippen molar-refractivity contribution in [1.82, 2.24) is 0 Å². The van der Waals surface area contributed by atoms with Crippen LogP contribution in [0, 0.1) is 12.3 Å². The fraction of sp³-hybridized carbons (Fsp3) is 0.300. The van der Waals surface area contributed by atoms with E-state index in [9.17, 15) is 9.59 Å². The van der Waals surface area contributed by atoms with E-state index in [-0.39, 0.29) is 11.8 Å². The number of methoxy groups -OCH3 is 2. The lowest BCUT2D eigenvalue weighted by Crippen LogP contribution is -2.35. The molecular formula is C20H21ClN2O4. The summed E-state index contributed by atoms with van der Waals surface area (Å²) in [4.78, 5) is 25.5. The van der Waals surface area contributed by atoms with Gasteiger partial charge in [-0.1, -0.05) is 11.6 Å². The summed E-state index contributed by atoms with van der Waals surface area (Å²) in [6, 6.07) is 10.3. The Morgan fingerprint density at radius 1 is 0.963 bits per heavy atom. The number of rotatable bonds is 6. The Morgan fingerprint density at radius 2 is 1.63 bits per heavy atom. The average Bonchev–Trinajstić information content (AvgIpc) is 3.46. The minimum Gasteiger partial charge on any atom is -0.493 e. The highest BCUT2D eigenvalue weighted by atomic mass is 35.5. The summed E-state index contributed by atoms with van der Waals surface area (Å²) in [5.41, 5.74) is 0.972. The summed E-state index contributed by atoms with van der Waals surface area (Å²) in [7, 11) is 3.06. The van der Waals surface area contributed by atoms with Gasteiger partial charge in [0.2, 0.25) is 11.8 Å². The Labute approximate surface area is 162 Å². The SMILES string of the molecule is COc1ccc(NC(=O)C2(C(=O)Nc3ccc(Cl)cc3C)CC2)cc1OC. The molecular weight excluding hydrogens is 368 g/mol. The molecule has 3 rings (SSSR count). The molecule has 0 atom stereocenters.